The molecule has 1 unspecified atom stereocenters. The van der Waals surface area contributed by atoms with E-state index in [4.69, 9.17) is 0 Å². The Labute approximate surface area is 159 Å². The molecule has 148 valence electrons. The Morgan fingerprint density at radius 2 is 1.89 bits per heavy atom. The Hall–Kier alpha value is -2.03. The number of anilines is 1. The molecule has 0 bridgehead atoms. The van der Waals surface area contributed by atoms with E-state index in [0.717, 1.165) is 17.4 Å². The zero-order valence-electron chi connectivity index (χ0n) is 15.1. The summed E-state index contributed by atoms with van der Waals surface area (Å²) in [6, 6.07) is 3.80. The van der Waals surface area contributed by atoms with Gasteiger partial charge in [-0.2, -0.15) is 13.2 Å². The summed E-state index contributed by atoms with van der Waals surface area (Å²) in [6.07, 6.45) is -3.84. The van der Waals surface area contributed by atoms with E-state index in [1.54, 1.807) is 0 Å². The van der Waals surface area contributed by atoms with Gasteiger partial charge in [-0.15, -0.1) is 11.8 Å². The first kappa shape index (κ1) is 21.3. The first-order valence-corrected chi connectivity index (χ1v) is 9.50. The summed E-state index contributed by atoms with van der Waals surface area (Å²) in [7, 11) is 0. The van der Waals surface area contributed by atoms with Crippen molar-refractivity contribution in [3.05, 3.63) is 23.8 Å². The number of carbonyl (C=O) groups excluding carboxylic acids is 3. The van der Waals surface area contributed by atoms with E-state index in [-0.39, 0.29) is 48.6 Å². The number of hydrogen-bond acceptors (Lipinski definition) is 4. The predicted octanol–water partition coefficient (Wildman–Crippen LogP) is 4.07. The van der Waals surface area contributed by atoms with Gasteiger partial charge in [-0.3, -0.25) is 19.3 Å². The Morgan fingerprint density at radius 3 is 2.44 bits per heavy atom. The van der Waals surface area contributed by atoms with Gasteiger partial charge in [0.05, 0.1) is 11.3 Å². The molecular formula is C18H21F3N2O3S. The molecule has 1 saturated heterocycles. The van der Waals surface area contributed by atoms with Crippen molar-refractivity contribution in [3.63, 3.8) is 0 Å². The number of rotatable bonds is 7. The Balaban J connectivity index is 2.08. The largest absolute Gasteiger partial charge is 0.418 e. The van der Waals surface area contributed by atoms with E-state index in [1.165, 1.54) is 23.9 Å². The topological polar surface area (TPSA) is 66.5 Å². The number of alkyl halides is 3. The molecule has 1 atom stereocenters. The molecule has 1 aromatic carbocycles. The van der Waals surface area contributed by atoms with Gasteiger partial charge in [-0.05, 0) is 24.6 Å². The molecule has 0 saturated carbocycles. The minimum absolute atomic E-state index is 0.105. The number of amides is 3. The van der Waals surface area contributed by atoms with Crippen LogP contribution in [0.2, 0.25) is 0 Å². The molecular weight excluding hydrogens is 381 g/mol. The van der Waals surface area contributed by atoms with Crippen molar-refractivity contribution >= 4 is 35.2 Å². The van der Waals surface area contributed by atoms with Gasteiger partial charge in [0.15, 0.2) is 0 Å². The summed E-state index contributed by atoms with van der Waals surface area (Å²) < 4.78 is 40.1. The van der Waals surface area contributed by atoms with Crippen LogP contribution in [0.1, 0.15) is 45.1 Å². The zero-order chi connectivity index (χ0) is 20.2. The summed E-state index contributed by atoms with van der Waals surface area (Å²) in [5, 5.41) is 2.42. The molecule has 0 aliphatic carbocycles. The van der Waals surface area contributed by atoms with Gasteiger partial charge >= 0.3 is 6.18 Å². The third-order valence-corrected chi connectivity index (χ3v) is 5.46. The second-order valence-corrected chi connectivity index (χ2v) is 7.79. The molecule has 1 aliphatic heterocycles. The molecule has 5 nitrogen and oxygen atoms in total. The summed E-state index contributed by atoms with van der Waals surface area (Å²) in [5.41, 5.74) is -1.25. The fourth-order valence-corrected chi connectivity index (χ4v) is 3.52. The van der Waals surface area contributed by atoms with E-state index in [9.17, 15) is 27.6 Å². The summed E-state index contributed by atoms with van der Waals surface area (Å²) in [5.74, 6) is -1.42. The van der Waals surface area contributed by atoms with Crippen molar-refractivity contribution in [1.82, 2.24) is 4.90 Å². The highest BCUT2D eigenvalue weighted by Crippen LogP contribution is 2.38. The van der Waals surface area contributed by atoms with Gasteiger partial charge in [0, 0.05) is 36.0 Å². The third-order valence-electron chi connectivity index (χ3n) is 4.20. The molecule has 1 aromatic rings. The van der Waals surface area contributed by atoms with Crippen molar-refractivity contribution in [1.29, 1.82) is 0 Å². The molecule has 27 heavy (non-hydrogen) atoms. The average Bonchev–Trinajstić information content (AvgIpc) is 2.91. The van der Waals surface area contributed by atoms with Crippen molar-refractivity contribution in [2.75, 3.05) is 11.9 Å². The lowest BCUT2D eigenvalue weighted by molar-refractivity contribution is -0.139. The first-order valence-electron chi connectivity index (χ1n) is 8.62. The molecule has 9 heteroatoms. The van der Waals surface area contributed by atoms with Crippen molar-refractivity contribution in [3.8, 4) is 0 Å². The highest BCUT2D eigenvalue weighted by Gasteiger charge is 2.34. The molecule has 0 aromatic heterocycles. The van der Waals surface area contributed by atoms with Crippen LogP contribution in [0.4, 0.5) is 18.9 Å². The van der Waals surface area contributed by atoms with E-state index in [0.29, 0.717) is 4.90 Å². The van der Waals surface area contributed by atoms with E-state index >= 15 is 0 Å². The fraction of sp³-hybridized carbons (Fsp3) is 0.500. The van der Waals surface area contributed by atoms with E-state index in [1.807, 2.05) is 13.8 Å². The maximum Gasteiger partial charge on any atom is 0.418 e. The fourth-order valence-electron chi connectivity index (χ4n) is 2.55. The number of hydrogen-bond donors (Lipinski definition) is 1. The van der Waals surface area contributed by atoms with Gasteiger partial charge in [-0.1, -0.05) is 13.8 Å². The highest BCUT2D eigenvalue weighted by atomic mass is 32.2. The quantitative estimate of drug-likeness (QED) is 0.551. The summed E-state index contributed by atoms with van der Waals surface area (Å²) in [6.45, 7) is 3.74. The number of imide groups is 1. The Kier molecular flexibility index (Phi) is 6.91. The maximum absolute atomic E-state index is 13.4. The zero-order valence-corrected chi connectivity index (χ0v) is 15.9. The van der Waals surface area contributed by atoms with Crippen LogP contribution >= 0.6 is 11.8 Å². The Morgan fingerprint density at radius 1 is 1.26 bits per heavy atom. The smallest absolute Gasteiger partial charge is 0.325 e. The number of benzene rings is 1. The first-order chi connectivity index (χ1) is 12.6. The van der Waals surface area contributed by atoms with Gasteiger partial charge < -0.3 is 5.32 Å². The SMILES string of the molecule is CCC(C)Sc1ccc(NC(=O)CCN2C(=O)CCC2=O)c(C(F)(F)F)c1. The van der Waals surface area contributed by atoms with Gasteiger partial charge in [0.25, 0.3) is 0 Å². The number of nitrogens with one attached hydrogen (secondary N) is 1. The van der Waals surface area contributed by atoms with Crippen LogP contribution in [-0.2, 0) is 20.6 Å². The van der Waals surface area contributed by atoms with Crippen LogP contribution < -0.4 is 5.32 Å². The van der Waals surface area contributed by atoms with Crippen LogP contribution in [0.5, 0.6) is 0 Å². The molecule has 1 N–H and O–H groups in total. The number of carbonyl (C=O) groups is 3. The number of thioether (sulfide) groups is 1. The standard InChI is InChI=1S/C18H21F3N2O3S/c1-3-11(2)27-12-4-5-14(13(10-12)18(19,20)21)22-15(24)8-9-23-16(25)6-7-17(23)26/h4-5,10-11H,3,6-9H2,1-2H3,(H,22,24). The maximum atomic E-state index is 13.4. The van der Waals surface area contributed by atoms with E-state index < -0.39 is 17.6 Å². The van der Waals surface area contributed by atoms with Crippen molar-refractivity contribution in [2.45, 2.75) is 55.9 Å². The number of nitrogens with zero attached hydrogens (tertiary/aromatic N) is 1. The molecule has 2 rings (SSSR count). The molecule has 0 radical (unpaired) electrons. The van der Waals surface area contributed by atoms with Crippen LogP contribution in [0.15, 0.2) is 23.1 Å². The molecule has 3 amide bonds. The summed E-state index contributed by atoms with van der Waals surface area (Å²) in [4.78, 5) is 36.5. The van der Waals surface area contributed by atoms with Crippen LogP contribution in [0.25, 0.3) is 0 Å². The number of halogens is 3. The van der Waals surface area contributed by atoms with Gasteiger partial charge in [-0.25, -0.2) is 0 Å². The molecule has 0 spiro atoms. The van der Waals surface area contributed by atoms with Crippen LogP contribution in [-0.4, -0.2) is 34.4 Å². The lowest BCUT2D eigenvalue weighted by atomic mass is 10.1. The molecule has 1 fully saturated rings. The van der Waals surface area contributed by atoms with Gasteiger partial charge in [0.2, 0.25) is 17.7 Å². The highest BCUT2D eigenvalue weighted by molar-refractivity contribution is 7.99. The normalized spacial score (nSPS) is 16.0. The molecule has 1 aliphatic rings. The van der Waals surface area contributed by atoms with Gasteiger partial charge in [0.1, 0.15) is 0 Å². The lowest BCUT2D eigenvalue weighted by Crippen LogP contribution is -2.32. The third kappa shape index (κ3) is 5.72. The van der Waals surface area contributed by atoms with Crippen molar-refractivity contribution < 1.29 is 27.6 Å². The van der Waals surface area contributed by atoms with E-state index in [2.05, 4.69) is 5.32 Å². The number of likely N-dealkylation sites (tertiary alicyclic amines) is 1. The molecule has 1 heterocycles. The van der Waals surface area contributed by atoms with Crippen LogP contribution in [0.3, 0.4) is 0 Å². The second-order valence-electron chi connectivity index (χ2n) is 6.28. The minimum atomic E-state index is -4.62. The average molecular weight is 402 g/mol. The lowest BCUT2D eigenvalue weighted by Gasteiger charge is -2.17. The minimum Gasteiger partial charge on any atom is -0.325 e. The second kappa shape index (κ2) is 8.77. The van der Waals surface area contributed by atoms with Crippen LogP contribution in [0, 0.1) is 0 Å². The Bertz CT molecular complexity index is 721. The monoisotopic (exact) mass is 402 g/mol. The summed E-state index contributed by atoms with van der Waals surface area (Å²) >= 11 is 1.33. The van der Waals surface area contributed by atoms with Crippen molar-refractivity contribution in [2.24, 2.45) is 0 Å². The predicted molar refractivity (Wildman–Crippen MR) is 96.3 cm³/mol.